The molecule has 0 aliphatic carbocycles. The lowest BCUT2D eigenvalue weighted by Gasteiger charge is -2.32. The summed E-state index contributed by atoms with van der Waals surface area (Å²) in [6.07, 6.45) is 0.996. The summed E-state index contributed by atoms with van der Waals surface area (Å²) in [7, 11) is -3.87. The van der Waals surface area contributed by atoms with Crippen molar-refractivity contribution in [3.8, 4) is 0 Å². The van der Waals surface area contributed by atoms with Crippen LogP contribution in [0.4, 0.5) is 5.69 Å². The summed E-state index contributed by atoms with van der Waals surface area (Å²) in [6, 6.07) is 11.1. The van der Waals surface area contributed by atoms with Gasteiger partial charge in [0.2, 0.25) is 21.8 Å². The number of amides is 2. The van der Waals surface area contributed by atoms with Gasteiger partial charge in [-0.25, -0.2) is 8.42 Å². The second-order valence-electron chi connectivity index (χ2n) is 8.63. The van der Waals surface area contributed by atoms with Gasteiger partial charge in [-0.1, -0.05) is 61.3 Å². The molecule has 34 heavy (non-hydrogen) atoms. The van der Waals surface area contributed by atoms with E-state index in [0.717, 1.165) is 21.7 Å². The molecule has 1 N–H and O–H groups in total. The number of halogens is 2. The van der Waals surface area contributed by atoms with Gasteiger partial charge < -0.3 is 10.2 Å². The van der Waals surface area contributed by atoms with E-state index < -0.39 is 28.5 Å². The average molecular weight is 529 g/mol. The van der Waals surface area contributed by atoms with Crippen molar-refractivity contribution >= 4 is 50.7 Å². The standard InChI is InChI=1S/C24H31Cl2N3O4S/c1-16(2)13-27-24(31)18(4)28(14-19-9-7-6-8-17(19)3)23(30)15-29(34(5,32)33)22-11-10-20(25)12-21(22)26/h6-12,16,18H,13-15H2,1-5H3,(H,27,31)/t18-/m0/s1. The number of rotatable bonds is 10. The maximum atomic E-state index is 13.5. The highest BCUT2D eigenvalue weighted by molar-refractivity contribution is 7.92. The van der Waals surface area contributed by atoms with Crippen LogP contribution in [0.1, 0.15) is 31.9 Å². The van der Waals surface area contributed by atoms with Crippen LogP contribution in [0.25, 0.3) is 0 Å². The van der Waals surface area contributed by atoms with E-state index in [1.807, 2.05) is 45.0 Å². The predicted octanol–water partition coefficient (Wildman–Crippen LogP) is 4.26. The Morgan fingerprint density at radius 1 is 1.06 bits per heavy atom. The highest BCUT2D eigenvalue weighted by atomic mass is 35.5. The Morgan fingerprint density at radius 2 is 1.71 bits per heavy atom. The van der Waals surface area contributed by atoms with Crippen molar-refractivity contribution in [3.05, 3.63) is 63.6 Å². The Hall–Kier alpha value is -2.29. The monoisotopic (exact) mass is 527 g/mol. The summed E-state index contributed by atoms with van der Waals surface area (Å²) in [6.45, 7) is 7.58. The first-order valence-corrected chi connectivity index (χ1v) is 13.5. The van der Waals surface area contributed by atoms with Crippen molar-refractivity contribution in [2.24, 2.45) is 5.92 Å². The van der Waals surface area contributed by atoms with Crippen LogP contribution in [0, 0.1) is 12.8 Å². The predicted molar refractivity (Wildman–Crippen MR) is 138 cm³/mol. The van der Waals surface area contributed by atoms with E-state index in [0.29, 0.717) is 11.6 Å². The van der Waals surface area contributed by atoms with Crippen LogP contribution in [-0.4, -0.2) is 50.5 Å². The Morgan fingerprint density at radius 3 is 2.26 bits per heavy atom. The van der Waals surface area contributed by atoms with Gasteiger partial charge in [0.1, 0.15) is 12.6 Å². The topological polar surface area (TPSA) is 86.8 Å². The molecule has 0 fully saturated rings. The van der Waals surface area contributed by atoms with Gasteiger partial charge in [0.15, 0.2) is 0 Å². The molecular weight excluding hydrogens is 497 g/mol. The fraction of sp³-hybridized carbons (Fsp3) is 0.417. The first-order chi connectivity index (χ1) is 15.8. The fourth-order valence-electron chi connectivity index (χ4n) is 3.28. The highest BCUT2D eigenvalue weighted by Crippen LogP contribution is 2.30. The quantitative estimate of drug-likeness (QED) is 0.500. The molecule has 186 valence electrons. The number of hydrogen-bond acceptors (Lipinski definition) is 4. The van der Waals surface area contributed by atoms with Gasteiger partial charge in [0.25, 0.3) is 0 Å². The first-order valence-electron chi connectivity index (χ1n) is 10.9. The Labute approximate surface area is 212 Å². The molecule has 7 nitrogen and oxygen atoms in total. The number of hydrogen-bond donors (Lipinski definition) is 1. The number of carbonyl (C=O) groups excluding carboxylic acids is 2. The van der Waals surface area contributed by atoms with Crippen LogP contribution in [0.15, 0.2) is 42.5 Å². The lowest BCUT2D eigenvalue weighted by molar-refractivity contribution is -0.139. The number of nitrogens with zero attached hydrogens (tertiary/aromatic N) is 2. The maximum absolute atomic E-state index is 13.5. The third kappa shape index (κ3) is 7.61. The van der Waals surface area contributed by atoms with Crippen molar-refractivity contribution in [3.63, 3.8) is 0 Å². The molecule has 0 heterocycles. The van der Waals surface area contributed by atoms with E-state index in [1.165, 1.54) is 23.1 Å². The molecule has 0 aromatic heterocycles. The van der Waals surface area contributed by atoms with Gasteiger partial charge in [-0.3, -0.25) is 13.9 Å². The number of sulfonamides is 1. The number of anilines is 1. The van der Waals surface area contributed by atoms with E-state index >= 15 is 0 Å². The molecule has 0 aliphatic rings. The minimum atomic E-state index is -3.87. The van der Waals surface area contributed by atoms with Gasteiger partial charge >= 0.3 is 0 Å². The molecule has 2 rings (SSSR count). The van der Waals surface area contributed by atoms with E-state index in [4.69, 9.17) is 23.2 Å². The van der Waals surface area contributed by atoms with Gasteiger partial charge in [-0.2, -0.15) is 0 Å². The van der Waals surface area contributed by atoms with Crippen LogP contribution >= 0.6 is 23.2 Å². The molecule has 0 spiro atoms. The van der Waals surface area contributed by atoms with Crippen molar-refractivity contribution in [2.75, 3.05) is 23.7 Å². The third-order valence-electron chi connectivity index (χ3n) is 5.31. The van der Waals surface area contributed by atoms with Crippen LogP contribution in [0.2, 0.25) is 10.0 Å². The molecule has 0 bridgehead atoms. The molecule has 2 aromatic carbocycles. The molecule has 0 saturated carbocycles. The van der Waals surface area contributed by atoms with E-state index in [1.54, 1.807) is 6.92 Å². The molecule has 2 aromatic rings. The zero-order valence-electron chi connectivity index (χ0n) is 20.0. The van der Waals surface area contributed by atoms with Gasteiger partial charge in [0.05, 0.1) is 17.0 Å². The summed E-state index contributed by atoms with van der Waals surface area (Å²) < 4.78 is 26.1. The molecule has 1 atom stereocenters. The minimum absolute atomic E-state index is 0.0962. The fourth-order valence-corrected chi connectivity index (χ4v) is 4.71. The lowest BCUT2D eigenvalue weighted by Crippen LogP contribution is -2.51. The molecule has 10 heteroatoms. The highest BCUT2D eigenvalue weighted by Gasteiger charge is 2.31. The molecular formula is C24H31Cl2N3O4S. The van der Waals surface area contributed by atoms with Gasteiger partial charge in [0, 0.05) is 18.1 Å². The van der Waals surface area contributed by atoms with Gasteiger partial charge in [-0.15, -0.1) is 0 Å². The molecule has 2 amide bonds. The van der Waals surface area contributed by atoms with Crippen LogP contribution in [0.3, 0.4) is 0 Å². The van der Waals surface area contributed by atoms with Crippen molar-refractivity contribution in [1.29, 1.82) is 0 Å². The number of carbonyl (C=O) groups is 2. The number of benzene rings is 2. The van der Waals surface area contributed by atoms with Gasteiger partial charge in [-0.05, 0) is 49.1 Å². The number of aryl methyl sites for hydroxylation is 1. The van der Waals surface area contributed by atoms with Crippen molar-refractivity contribution < 1.29 is 18.0 Å². The van der Waals surface area contributed by atoms with Crippen LogP contribution in [-0.2, 0) is 26.2 Å². The number of nitrogens with one attached hydrogen (secondary N) is 1. The van der Waals surface area contributed by atoms with E-state index in [-0.39, 0.29) is 29.1 Å². The summed E-state index contributed by atoms with van der Waals surface area (Å²) in [5.41, 5.74) is 1.94. The first kappa shape index (κ1) is 28.0. The molecule has 0 radical (unpaired) electrons. The SMILES string of the molecule is Cc1ccccc1CN(C(=O)CN(c1ccc(Cl)cc1Cl)S(C)(=O)=O)[C@@H](C)C(=O)NCC(C)C. The average Bonchev–Trinajstić information content (AvgIpc) is 2.74. The third-order valence-corrected chi connectivity index (χ3v) is 6.98. The lowest BCUT2D eigenvalue weighted by atomic mass is 10.1. The second-order valence-corrected chi connectivity index (χ2v) is 11.4. The smallest absolute Gasteiger partial charge is 0.244 e. The Bertz CT molecular complexity index is 1140. The van der Waals surface area contributed by atoms with E-state index in [2.05, 4.69) is 5.32 Å². The van der Waals surface area contributed by atoms with Crippen molar-refractivity contribution in [1.82, 2.24) is 10.2 Å². The minimum Gasteiger partial charge on any atom is -0.354 e. The normalized spacial score (nSPS) is 12.4. The van der Waals surface area contributed by atoms with Crippen LogP contribution < -0.4 is 9.62 Å². The molecule has 0 unspecified atom stereocenters. The largest absolute Gasteiger partial charge is 0.354 e. The Kier molecular flexibility index (Phi) is 9.79. The van der Waals surface area contributed by atoms with Crippen molar-refractivity contribution in [2.45, 2.75) is 40.3 Å². The maximum Gasteiger partial charge on any atom is 0.244 e. The molecule has 0 saturated heterocycles. The zero-order chi connectivity index (χ0) is 25.6. The summed E-state index contributed by atoms with van der Waals surface area (Å²) in [5.74, 6) is -0.609. The van der Waals surface area contributed by atoms with Crippen LogP contribution in [0.5, 0.6) is 0 Å². The molecule has 0 aliphatic heterocycles. The Balaban J connectivity index is 2.41. The summed E-state index contributed by atoms with van der Waals surface area (Å²) >= 11 is 12.2. The summed E-state index contributed by atoms with van der Waals surface area (Å²) in [5, 5.41) is 3.28. The second kappa shape index (κ2) is 11.9. The zero-order valence-corrected chi connectivity index (χ0v) is 22.3. The summed E-state index contributed by atoms with van der Waals surface area (Å²) in [4.78, 5) is 27.8. The van der Waals surface area contributed by atoms with E-state index in [9.17, 15) is 18.0 Å².